The summed E-state index contributed by atoms with van der Waals surface area (Å²) in [4.78, 5) is 11.5. The van der Waals surface area contributed by atoms with Gasteiger partial charge in [-0.15, -0.1) is 0 Å². The van der Waals surface area contributed by atoms with Gasteiger partial charge in [0.05, 0.1) is 25.4 Å². The van der Waals surface area contributed by atoms with Crippen molar-refractivity contribution in [2.45, 2.75) is 48.8 Å². The van der Waals surface area contributed by atoms with Crippen LogP contribution in [-0.4, -0.2) is 132 Å². The second-order valence-corrected chi connectivity index (χ2v) is 5.69. The minimum atomic E-state index is -1.86. The Hall–Kier alpha value is -1.13. The van der Waals surface area contributed by atoms with Crippen LogP contribution in [0.4, 0.5) is 4.79 Å². The molecule has 0 saturated carbocycles. The molecule has 0 aromatic heterocycles. The molecule has 0 aliphatic heterocycles. The van der Waals surface area contributed by atoms with E-state index in [0.29, 0.717) is 0 Å². The molecule has 0 aromatic carbocycles. The third kappa shape index (κ3) is 8.05. The van der Waals surface area contributed by atoms with Gasteiger partial charge in [0, 0.05) is 13.1 Å². The molecule has 0 fully saturated rings. The standard InChI is InChI=1S/C13H28N2O11/c16-3-7(20)11(24)9(22)5(18)1-14-13(26)15-2-6(19)10(23)12(25)8(21)4-17/h5-12,16-25H,1-4H2,(H2,14,15,26)/t5-,6-,7+,8+,9+,10+,11+,12+/m0/s1. The van der Waals surface area contributed by atoms with E-state index in [9.17, 15) is 35.4 Å². The average molecular weight is 388 g/mol. The molecule has 0 unspecified atom stereocenters. The molecule has 12 N–H and O–H groups in total. The Kier molecular flexibility index (Phi) is 11.8. The number of aliphatic hydroxyl groups is 10. The maximum atomic E-state index is 11.5. The maximum Gasteiger partial charge on any atom is 0.314 e. The first-order valence-corrected chi connectivity index (χ1v) is 7.74. The van der Waals surface area contributed by atoms with E-state index < -0.39 is 81.2 Å². The second kappa shape index (κ2) is 12.3. The van der Waals surface area contributed by atoms with Crippen LogP contribution in [0.1, 0.15) is 0 Å². The Bertz CT molecular complexity index is 368. The third-order valence-corrected chi connectivity index (χ3v) is 3.59. The molecular weight excluding hydrogens is 360 g/mol. The van der Waals surface area contributed by atoms with E-state index in [4.69, 9.17) is 20.4 Å². The van der Waals surface area contributed by atoms with E-state index in [-0.39, 0.29) is 0 Å². The first kappa shape index (κ1) is 24.9. The molecule has 0 aliphatic rings. The SMILES string of the molecule is O=C(NC[C@H](O)[C@@H](O)[C@H](O)[C@H](O)CO)NC[C@H](O)[C@@H](O)[C@H](O)[C@H](O)CO. The van der Waals surface area contributed by atoms with Crippen LogP contribution in [0.2, 0.25) is 0 Å². The van der Waals surface area contributed by atoms with Crippen molar-refractivity contribution in [3.63, 3.8) is 0 Å². The molecule has 0 bridgehead atoms. The Morgan fingerprint density at radius 2 is 0.846 bits per heavy atom. The van der Waals surface area contributed by atoms with Crippen LogP contribution in [0.25, 0.3) is 0 Å². The molecule has 0 aromatic rings. The highest BCUT2D eigenvalue weighted by Gasteiger charge is 2.31. The Labute approximate surface area is 148 Å². The van der Waals surface area contributed by atoms with Crippen molar-refractivity contribution >= 4 is 6.03 Å². The van der Waals surface area contributed by atoms with Gasteiger partial charge in [-0.1, -0.05) is 0 Å². The van der Waals surface area contributed by atoms with Gasteiger partial charge in [-0.05, 0) is 0 Å². The minimum Gasteiger partial charge on any atom is -0.394 e. The van der Waals surface area contributed by atoms with Crippen molar-refractivity contribution in [3.05, 3.63) is 0 Å². The normalized spacial score (nSPS) is 21.0. The lowest BCUT2D eigenvalue weighted by atomic mass is 10.0. The molecule has 2 amide bonds. The number of nitrogens with one attached hydrogen (secondary N) is 2. The summed E-state index contributed by atoms with van der Waals surface area (Å²) in [5, 5.41) is 96.8. The van der Waals surface area contributed by atoms with E-state index in [1.165, 1.54) is 0 Å². The summed E-state index contributed by atoms with van der Waals surface area (Å²) in [6.45, 7) is -2.83. The van der Waals surface area contributed by atoms with Crippen LogP contribution < -0.4 is 10.6 Å². The van der Waals surface area contributed by atoms with Crippen molar-refractivity contribution in [2.24, 2.45) is 0 Å². The highest BCUT2D eigenvalue weighted by atomic mass is 16.4. The zero-order valence-corrected chi connectivity index (χ0v) is 13.8. The quantitative estimate of drug-likeness (QED) is 0.150. The maximum absolute atomic E-state index is 11.5. The van der Waals surface area contributed by atoms with Crippen molar-refractivity contribution in [1.82, 2.24) is 10.6 Å². The molecule has 0 spiro atoms. The molecule has 0 aliphatic carbocycles. The van der Waals surface area contributed by atoms with Gasteiger partial charge in [-0.25, -0.2) is 4.79 Å². The summed E-state index contributed by atoms with van der Waals surface area (Å²) in [6, 6.07) is -0.947. The Morgan fingerprint density at radius 3 is 1.12 bits per heavy atom. The fraction of sp³-hybridized carbons (Fsp3) is 0.923. The van der Waals surface area contributed by atoms with E-state index in [0.717, 1.165) is 0 Å². The summed E-state index contributed by atoms with van der Waals surface area (Å²) in [5.74, 6) is 0. The lowest BCUT2D eigenvalue weighted by Crippen LogP contribution is -2.53. The van der Waals surface area contributed by atoms with Gasteiger partial charge in [-0.3, -0.25) is 0 Å². The van der Waals surface area contributed by atoms with E-state index in [2.05, 4.69) is 10.6 Å². The number of carbonyl (C=O) groups excluding carboxylic acids is 1. The number of aliphatic hydroxyl groups excluding tert-OH is 10. The summed E-state index contributed by atoms with van der Waals surface area (Å²) in [5.41, 5.74) is 0. The van der Waals surface area contributed by atoms with Crippen LogP contribution in [0.15, 0.2) is 0 Å². The predicted molar refractivity (Wildman–Crippen MR) is 83.6 cm³/mol. The van der Waals surface area contributed by atoms with Crippen molar-refractivity contribution in [1.29, 1.82) is 0 Å². The van der Waals surface area contributed by atoms with Crippen LogP contribution in [0.3, 0.4) is 0 Å². The van der Waals surface area contributed by atoms with Crippen LogP contribution in [0.5, 0.6) is 0 Å². The molecule has 156 valence electrons. The summed E-state index contributed by atoms with van der Waals surface area (Å²) in [7, 11) is 0. The third-order valence-electron chi connectivity index (χ3n) is 3.59. The average Bonchev–Trinajstić information content (AvgIpc) is 2.65. The molecule has 0 heterocycles. The zero-order valence-electron chi connectivity index (χ0n) is 13.8. The topological polar surface area (TPSA) is 243 Å². The molecule has 0 radical (unpaired) electrons. The van der Waals surface area contributed by atoms with Gasteiger partial charge < -0.3 is 61.7 Å². The van der Waals surface area contributed by atoms with E-state index >= 15 is 0 Å². The summed E-state index contributed by atoms with van der Waals surface area (Å²) in [6.07, 6.45) is -14.2. The Morgan fingerprint density at radius 1 is 0.577 bits per heavy atom. The summed E-state index contributed by atoms with van der Waals surface area (Å²) < 4.78 is 0. The summed E-state index contributed by atoms with van der Waals surface area (Å²) >= 11 is 0. The molecule has 26 heavy (non-hydrogen) atoms. The largest absolute Gasteiger partial charge is 0.394 e. The van der Waals surface area contributed by atoms with Gasteiger partial charge in [0.15, 0.2) is 0 Å². The molecule has 0 rings (SSSR count). The van der Waals surface area contributed by atoms with Gasteiger partial charge >= 0.3 is 6.03 Å². The van der Waals surface area contributed by atoms with Gasteiger partial charge in [0.1, 0.15) is 36.6 Å². The number of rotatable bonds is 12. The smallest absolute Gasteiger partial charge is 0.314 e. The highest BCUT2D eigenvalue weighted by Crippen LogP contribution is 2.05. The first-order chi connectivity index (χ1) is 12.1. The monoisotopic (exact) mass is 388 g/mol. The molecular formula is C13H28N2O11. The number of amides is 2. The molecule has 13 nitrogen and oxygen atoms in total. The van der Waals surface area contributed by atoms with Gasteiger partial charge in [-0.2, -0.15) is 0 Å². The Balaban J connectivity index is 4.26. The first-order valence-electron chi connectivity index (χ1n) is 7.74. The lowest BCUT2D eigenvalue weighted by Gasteiger charge is -2.26. The van der Waals surface area contributed by atoms with Crippen LogP contribution in [-0.2, 0) is 0 Å². The van der Waals surface area contributed by atoms with Gasteiger partial charge in [0.2, 0.25) is 0 Å². The fourth-order valence-corrected chi connectivity index (χ4v) is 1.82. The van der Waals surface area contributed by atoms with E-state index in [1.54, 1.807) is 0 Å². The minimum absolute atomic E-state index is 0.563. The number of hydrogen-bond acceptors (Lipinski definition) is 11. The zero-order chi connectivity index (χ0) is 20.4. The lowest BCUT2D eigenvalue weighted by molar-refractivity contribution is -0.114. The van der Waals surface area contributed by atoms with Crippen molar-refractivity contribution in [3.8, 4) is 0 Å². The molecule has 13 heteroatoms. The fourth-order valence-electron chi connectivity index (χ4n) is 1.82. The number of carbonyl (C=O) groups is 1. The van der Waals surface area contributed by atoms with E-state index in [1.807, 2.05) is 0 Å². The van der Waals surface area contributed by atoms with Crippen LogP contribution in [0, 0.1) is 0 Å². The number of urea groups is 1. The van der Waals surface area contributed by atoms with Gasteiger partial charge in [0.25, 0.3) is 0 Å². The van der Waals surface area contributed by atoms with Crippen molar-refractivity contribution < 1.29 is 55.9 Å². The molecule has 0 saturated heterocycles. The number of hydrogen-bond donors (Lipinski definition) is 12. The van der Waals surface area contributed by atoms with Crippen LogP contribution >= 0.6 is 0 Å². The highest BCUT2D eigenvalue weighted by molar-refractivity contribution is 5.73. The second-order valence-electron chi connectivity index (χ2n) is 5.69. The molecule has 8 atom stereocenters. The predicted octanol–water partition coefficient (Wildman–Crippen LogP) is -6.84. The van der Waals surface area contributed by atoms with Crippen molar-refractivity contribution in [2.75, 3.05) is 26.3 Å².